The topological polar surface area (TPSA) is 55.1 Å². The first-order chi connectivity index (χ1) is 7.54. The molecular weight excluding hydrogens is 220 g/mol. The molecule has 86 valence electrons. The lowest BCUT2D eigenvalue weighted by atomic mass is 10.1. The fourth-order valence-electron chi connectivity index (χ4n) is 1.20. The lowest BCUT2D eigenvalue weighted by Gasteiger charge is -2.10. The van der Waals surface area contributed by atoms with Crippen LogP contribution in [0.4, 0.5) is 5.69 Å². The van der Waals surface area contributed by atoms with Gasteiger partial charge in [0.15, 0.2) is 0 Å². The fourth-order valence-corrected chi connectivity index (χ4v) is 1.31. The lowest BCUT2D eigenvalue weighted by Crippen LogP contribution is -2.30. The van der Waals surface area contributed by atoms with Crippen LogP contribution in [-0.4, -0.2) is 10.9 Å². The molecule has 0 saturated heterocycles. The number of benzene rings is 1. The molecule has 3 nitrogen and oxygen atoms in total. The summed E-state index contributed by atoms with van der Waals surface area (Å²) in [6.07, 6.45) is 0.984. The van der Waals surface area contributed by atoms with Crippen LogP contribution in [0.2, 0.25) is 0 Å². The maximum absolute atomic E-state index is 11.6. The van der Waals surface area contributed by atoms with Gasteiger partial charge in [-0.05, 0) is 31.0 Å². The molecule has 1 rings (SSSR count). The molecule has 0 aliphatic heterocycles. The number of carbonyl (C=O) groups is 1. The second-order valence-electron chi connectivity index (χ2n) is 3.66. The molecular formula is C12H16N2OS. The molecule has 1 amide bonds. The van der Waals surface area contributed by atoms with E-state index in [1.807, 2.05) is 24.3 Å². The quantitative estimate of drug-likeness (QED) is 0.787. The van der Waals surface area contributed by atoms with Gasteiger partial charge in [-0.2, -0.15) is 0 Å². The summed E-state index contributed by atoms with van der Waals surface area (Å²) in [5.74, 6) is -0.613. The molecule has 0 heterocycles. The normalized spacial score (nSPS) is 11.9. The molecule has 0 aliphatic carbocycles. The molecule has 3 N–H and O–H groups in total. The minimum Gasteiger partial charge on any atom is -0.393 e. The average molecular weight is 236 g/mol. The number of rotatable bonds is 4. The Morgan fingerprint density at radius 3 is 2.44 bits per heavy atom. The Kier molecular flexibility index (Phi) is 4.43. The number of anilines is 1. The first-order valence-corrected chi connectivity index (χ1v) is 5.64. The summed E-state index contributed by atoms with van der Waals surface area (Å²) >= 11 is 4.77. The predicted octanol–water partition coefficient (Wildman–Crippen LogP) is 2.11. The number of aryl methyl sites for hydroxylation is 1. The van der Waals surface area contributed by atoms with E-state index in [1.165, 1.54) is 5.56 Å². The Balaban J connectivity index is 2.66. The first-order valence-electron chi connectivity index (χ1n) is 5.23. The van der Waals surface area contributed by atoms with Crippen LogP contribution >= 0.6 is 12.2 Å². The highest BCUT2D eigenvalue weighted by Crippen LogP contribution is 2.11. The molecule has 0 saturated carbocycles. The Hall–Kier alpha value is -1.42. The van der Waals surface area contributed by atoms with Crippen LogP contribution in [0.3, 0.4) is 0 Å². The number of nitrogens with two attached hydrogens (primary N) is 1. The lowest BCUT2D eigenvalue weighted by molar-refractivity contribution is -0.117. The van der Waals surface area contributed by atoms with Crippen molar-refractivity contribution in [3.05, 3.63) is 29.8 Å². The van der Waals surface area contributed by atoms with Crippen LogP contribution in [0, 0.1) is 5.92 Å². The maximum atomic E-state index is 11.6. The van der Waals surface area contributed by atoms with E-state index in [0.29, 0.717) is 0 Å². The monoisotopic (exact) mass is 236 g/mol. The molecule has 1 unspecified atom stereocenters. The summed E-state index contributed by atoms with van der Waals surface area (Å²) in [4.78, 5) is 11.8. The molecule has 4 heteroatoms. The Labute approximate surface area is 101 Å². The van der Waals surface area contributed by atoms with E-state index >= 15 is 0 Å². The SMILES string of the molecule is CCc1ccc(NC(=O)C(C)C(N)=S)cc1. The third kappa shape index (κ3) is 3.31. The summed E-state index contributed by atoms with van der Waals surface area (Å²) in [7, 11) is 0. The minimum absolute atomic E-state index is 0.170. The van der Waals surface area contributed by atoms with Crippen molar-refractivity contribution in [1.29, 1.82) is 0 Å². The highest BCUT2D eigenvalue weighted by molar-refractivity contribution is 7.80. The van der Waals surface area contributed by atoms with Gasteiger partial charge in [-0.3, -0.25) is 4.79 Å². The van der Waals surface area contributed by atoms with Gasteiger partial charge in [-0.15, -0.1) is 0 Å². The zero-order valence-electron chi connectivity index (χ0n) is 9.49. The third-order valence-electron chi connectivity index (χ3n) is 2.45. The predicted molar refractivity (Wildman–Crippen MR) is 70.4 cm³/mol. The van der Waals surface area contributed by atoms with E-state index < -0.39 is 5.92 Å². The van der Waals surface area contributed by atoms with Crippen LogP contribution in [0.5, 0.6) is 0 Å². The number of hydrogen-bond acceptors (Lipinski definition) is 2. The van der Waals surface area contributed by atoms with Crippen LogP contribution in [0.25, 0.3) is 0 Å². The van der Waals surface area contributed by atoms with Gasteiger partial charge in [-0.25, -0.2) is 0 Å². The van der Waals surface area contributed by atoms with Gasteiger partial charge in [0.05, 0.1) is 10.9 Å². The second-order valence-corrected chi connectivity index (χ2v) is 4.14. The van der Waals surface area contributed by atoms with Gasteiger partial charge in [0.1, 0.15) is 0 Å². The Morgan fingerprint density at radius 2 is 2.00 bits per heavy atom. The maximum Gasteiger partial charge on any atom is 0.234 e. The summed E-state index contributed by atoms with van der Waals surface area (Å²) < 4.78 is 0. The van der Waals surface area contributed by atoms with Crippen LogP contribution in [-0.2, 0) is 11.2 Å². The molecule has 1 atom stereocenters. The summed E-state index contributed by atoms with van der Waals surface area (Å²) in [5.41, 5.74) is 7.41. The molecule has 0 bridgehead atoms. The second kappa shape index (κ2) is 5.61. The number of thiocarbonyl (C=S) groups is 1. The van der Waals surface area contributed by atoms with Crippen molar-refractivity contribution in [3.63, 3.8) is 0 Å². The zero-order valence-corrected chi connectivity index (χ0v) is 10.3. The van der Waals surface area contributed by atoms with Crippen molar-refractivity contribution in [1.82, 2.24) is 0 Å². The highest BCUT2D eigenvalue weighted by atomic mass is 32.1. The van der Waals surface area contributed by atoms with Crippen molar-refractivity contribution in [2.75, 3.05) is 5.32 Å². The molecule has 0 fully saturated rings. The molecule has 0 aliphatic rings. The van der Waals surface area contributed by atoms with Gasteiger partial charge in [-0.1, -0.05) is 31.3 Å². The van der Waals surface area contributed by atoms with E-state index in [1.54, 1.807) is 6.92 Å². The molecule has 0 radical (unpaired) electrons. The molecule has 0 aromatic heterocycles. The van der Waals surface area contributed by atoms with Crippen molar-refractivity contribution >= 4 is 28.8 Å². The molecule has 1 aromatic carbocycles. The van der Waals surface area contributed by atoms with Crippen molar-refractivity contribution in [2.45, 2.75) is 20.3 Å². The van der Waals surface area contributed by atoms with E-state index in [4.69, 9.17) is 18.0 Å². The standard InChI is InChI=1S/C12H16N2OS/c1-3-9-4-6-10(7-5-9)14-12(15)8(2)11(13)16/h4-8H,3H2,1-2H3,(H2,13,16)(H,14,15). The summed E-state index contributed by atoms with van der Waals surface area (Å²) in [5, 5.41) is 2.77. The Morgan fingerprint density at radius 1 is 1.44 bits per heavy atom. The van der Waals surface area contributed by atoms with E-state index in [9.17, 15) is 4.79 Å². The van der Waals surface area contributed by atoms with Gasteiger partial charge in [0.25, 0.3) is 0 Å². The van der Waals surface area contributed by atoms with Crippen molar-refractivity contribution < 1.29 is 4.79 Å². The van der Waals surface area contributed by atoms with Gasteiger partial charge in [0, 0.05) is 5.69 Å². The average Bonchev–Trinajstić information content (AvgIpc) is 2.28. The number of hydrogen-bond donors (Lipinski definition) is 2. The number of nitrogens with one attached hydrogen (secondary N) is 1. The smallest absolute Gasteiger partial charge is 0.234 e. The number of amides is 1. The summed E-state index contributed by atoms with van der Waals surface area (Å²) in [6.45, 7) is 3.78. The van der Waals surface area contributed by atoms with Gasteiger partial charge < -0.3 is 11.1 Å². The molecule has 1 aromatic rings. The van der Waals surface area contributed by atoms with Gasteiger partial charge >= 0.3 is 0 Å². The number of carbonyl (C=O) groups excluding carboxylic acids is 1. The summed E-state index contributed by atoms with van der Waals surface area (Å²) in [6, 6.07) is 7.73. The van der Waals surface area contributed by atoms with E-state index in [2.05, 4.69) is 12.2 Å². The van der Waals surface area contributed by atoms with E-state index in [-0.39, 0.29) is 10.9 Å². The van der Waals surface area contributed by atoms with Crippen molar-refractivity contribution in [2.24, 2.45) is 11.7 Å². The zero-order chi connectivity index (χ0) is 12.1. The van der Waals surface area contributed by atoms with Gasteiger partial charge in [0.2, 0.25) is 5.91 Å². The fraction of sp³-hybridized carbons (Fsp3) is 0.333. The van der Waals surface area contributed by atoms with Crippen LogP contribution < -0.4 is 11.1 Å². The third-order valence-corrected chi connectivity index (χ3v) is 2.80. The minimum atomic E-state index is -0.444. The van der Waals surface area contributed by atoms with Crippen LogP contribution in [0.1, 0.15) is 19.4 Å². The van der Waals surface area contributed by atoms with Crippen molar-refractivity contribution in [3.8, 4) is 0 Å². The van der Waals surface area contributed by atoms with Crippen LogP contribution in [0.15, 0.2) is 24.3 Å². The Bertz CT molecular complexity index is 387. The van der Waals surface area contributed by atoms with E-state index in [0.717, 1.165) is 12.1 Å². The largest absolute Gasteiger partial charge is 0.393 e. The molecule has 0 spiro atoms. The highest BCUT2D eigenvalue weighted by Gasteiger charge is 2.15. The molecule has 16 heavy (non-hydrogen) atoms. The first kappa shape index (κ1) is 12.6.